The molecule has 0 atom stereocenters. The van der Waals surface area contributed by atoms with E-state index in [1.807, 2.05) is 24.5 Å². The molecule has 4 nitrogen and oxygen atoms in total. The zero-order chi connectivity index (χ0) is 14.9. The Hall–Kier alpha value is -1.20. The molecule has 1 aliphatic rings. The van der Waals surface area contributed by atoms with E-state index < -0.39 is 5.91 Å². The van der Waals surface area contributed by atoms with Gasteiger partial charge >= 0.3 is 0 Å². The number of pyridine rings is 1. The van der Waals surface area contributed by atoms with E-state index in [4.69, 9.17) is 18.0 Å². The number of hydrogen-bond donors (Lipinski definition) is 1. The van der Waals surface area contributed by atoms with Crippen LogP contribution in [0.1, 0.15) is 41.4 Å². The minimum Gasteiger partial charge on any atom is -0.365 e. The molecule has 0 radical (unpaired) electrons. The smallest absolute Gasteiger partial charge is 0.251 e. The van der Waals surface area contributed by atoms with Crippen molar-refractivity contribution in [2.45, 2.75) is 40.3 Å². The second kappa shape index (κ2) is 6.06. The first-order valence-corrected chi connectivity index (χ1v) is 7.54. The van der Waals surface area contributed by atoms with E-state index >= 15 is 0 Å². The van der Waals surface area contributed by atoms with Crippen LogP contribution in [0.25, 0.3) is 0 Å². The number of amides is 1. The predicted octanol–water partition coefficient (Wildman–Crippen LogP) is 2.62. The van der Waals surface area contributed by atoms with Gasteiger partial charge in [-0.05, 0) is 44.2 Å². The van der Waals surface area contributed by atoms with Crippen LogP contribution >= 0.6 is 12.2 Å². The van der Waals surface area contributed by atoms with Gasteiger partial charge in [0, 0.05) is 18.8 Å². The summed E-state index contributed by atoms with van der Waals surface area (Å²) in [5, 5.41) is 0. The third-order valence-electron chi connectivity index (χ3n) is 4.17. The average Bonchev–Trinajstić information content (AvgIpc) is 2.36. The van der Waals surface area contributed by atoms with Crippen LogP contribution in [-0.4, -0.2) is 28.5 Å². The zero-order valence-electron chi connectivity index (χ0n) is 12.5. The molecule has 0 saturated carbocycles. The first-order chi connectivity index (χ1) is 9.40. The van der Waals surface area contributed by atoms with Gasteiger partial charge in [0.05, 0.1) is 12.2 Å². The van der Waals surface area contributed by atoms with Crippen molar-refractivity contribution in [3.63, 3.8) is 0 Å². The van der Waals surface area contributed by atoms with E-state index in [2.05, 4.69) is 11.8 Å². The molecular formula is C15H23N3OS. The molecule has 0 spiro atoms. The summed E-state index contributed by atoms with van der Waals surface area (Å²) >= 11 is 5.47. The van der Waals surface area contributed by atoms with Crippen molar-refractivity contribution in [2.75, 3.05) is 13.1 Å². The van der Waals surface area contributed by atoms with Crippen LogP contribution in [0.4, 0.5) is 0 Å². The van der Waals surface area contributed by atoms with Gasteiger partial charge < -0.3 is 10.3 Å². The Balaban J connectivity index is 2.30. The first-order valence-electron chi connectivity index (χ1n) is 7.13. The fraction of sp³-hybridized carbons (Fsp3) is 0.600. The third kappa shape index (κ3) is 3.10. The van der Waals surface area contributed by atoms with Gasteiger partial charge in [-0.3, -0.25) is 9.69 Å². The van der Waals surface area contributed by atoms with E-state index in [-0.39, 0.29) is 0 Å². The fourth-order valence-corrected chi connectivity index (χ4v) is 3.27. The molecule has 2 rings (SSSR count). The highest BCUT2D eigenvalue weighted by Gasteiger charge is 2.18. The quantitative estimate of drug-likeness (QED) is 0.872. The van der Waals surface area contributed by atoms with Crippen LogP contribution in [0.2, 0.25) is 0 Å². The molecule has 1 fully saturated rings. The average molecular weight is 293 g/mol. The number of carbonyl (C=O) groups excluding carboxylic acids is 1. The molecule has 1 amide bonds. The Labute approximate surface area is 125 Å². The molecule has 1 aromatic rings. The highest BCUT2D eigenvalue weighted by Crippen LogP contribution is 2.19. The number of rotatable bonds is 3. The van der Waals surface area contributed by atoms with Gasteiger partial charge in [-0.25, -0.2) is 0 Å². The lowest BCUT2D eigenvalue weighted by molar-refractivity contribution is 0.0997. The lowest BCUT2D eigenvalue weighted by Crippen LogP contribution is -2.35. The number of aryl methyl sites for hydroxylation is 2. The highest BCUT2D eigenvalue weighted by molar-refractivity contribution is 7.71. The Morgan fingerprint density at radius 1 is 1.40 bits per heavy atom. The molecule has 1 aliphatic heterocycles. The summed E-state index contributed by atoms with van der Waals surface area (Å²) in [6.07, 6.45) is 2.45. The summed E-state index contributed by atoms with van der Waals surface area (Å²) in [6, 6.07) is 1.99. The number of aromatic nitrogens is 1. The summed E-state index contributed by atoms with van der Waals surface area (Å²) in [7, 11) is 0. The van der Waals surface area contributed by atoms with Crippen LogP contribution in [0.15, 0.2) is 6.07 Å². The van der Waals surface area contributed by atoms with Gasteiger partial charge in [0.25, 0.3) is 5.91 Å². The molecule has 110 valence electrons. The van der Waals surface area contributed by atoms with Gasteiger partial charge in [0.1, 0.15) is 4.64 Å². The SMILES string of the molecule is Cc1cc(C)n(CN2CCC(C)CC2)c(=S)c1C(N)=O. The van der Waals surface area contributed by atoms with Crippen LogP contribution in [0.3, 0.4) is 0 Å². The predicted molar refractivity (Wildman–Crippen MR) is 83.2 cm³/mol. The summed E-state index contributed by atoms with van der Waals surface area (Å²) < 4.78 is 2.59. The van der Waals surface area contributed by atoms with Gasteiger partial charge in [0.15, 0.2) is 0 Å². The Bertz CT molecular complexity index is 571. The number of piperidine rings is 1. The summed E-state index contributed by atoms with van der Waals surface area (Å²) in [4.78, 5) is 14.0. The molecular weight excluding hydrogens is 270 g/mol. The second-order valence-corrected chi connectivity index (χ2v) is 6.27. The Morgan fingerprint density at radius 3 is 2.55 bits per heavy atom. The van der Waals surface area contributed by atoms with E-state index in [1.54, 1.807) is 0 Å². The van der Waals surface area contributed by atoms with E-state index in [0.29, 0.717) is 10.2 Å². The molecule has 1 saturated heterocycles. The molecule has 2 N–H and O–H groups in total. The number of likely N-dealkylation sites (tertiary alicyclic amines) is 1. The molecule has 0 bridgehead atoms. The topological polar surface area (TPSA) is 51.3 Å². The van der Waals surface area contributed by atoms with Crippen LogP contribution in [-0.2, 0) is 6.67 Å². The molecule has 1 aromatic heterocycles. The standard InChI is InChI=1S/C15H23N3OS/c1-10-4-6-17(7-5-10)9-18-12(3)8-11(2)13(14(16)19)15(18)20/h8,10H,4-7,9H2,1-3H3,(H2,16,19). The van der Waals surface area contributed by atoms with Gasteiger partial charge in [0.2, 0.25) is 0 Å². The lowest BCUT2D eigenvalue weighted by Gasteiger charge is -2.31. The van der Waals surface area contributed by atoms with Crippen molar-refractivity contribution in [1.82, 2.24) is 9.47 Å². The number of carbonyl (C=O) groups is 1. The maximum Gasteiger partial charge on any atom is 0.251 e. The monoisotopic (exact) mass is 293 g/mol. The van der Waals surface area contributed by atoms with Crippen molar-refractivity contribution in [2.24, 2.45) is 11.7 Å². The first kappa shape index (κ1) is 15.2. The number of primary amides is 1. The van der Waals surface area contributed by atoms with Crippen LogP contribution in [0, 0.1) is 24.4 Å². The van der Waals surface area contributed by atoms with E-state index in [9.17, 15) is 4.79 Å². The molecule has 5 heteroatoms. The minimum atomic E-state index is -0.437. The fourth-order valence-electron chi connectivity index (χ4n) is 2.81. The summed E-state index contributed by atoms with van der Waals surface area (Å²) in [5.74, 6) is 0.369. The van der Waals surface area contributed by atoms with Gasteiger partial charge in [-0.2, -0.15) is 0 Å². The molecule has 0 aliphatic carbocycles. The number of nitrogens with zero attached hydrogens (tertiary/aromatic N) is 2. The van der Waals surface area contributed by atoms with Crippen molar-refractivity contribution in [1.29, 1.82) is 0 Å². The zero-order valence-corrected chi connectivity index (χ0v) is 13.3. The minimum absolute atomic E-state index is 0.437. The lowest BCUT2D eigenvalue weighted by atomic mass is 10.00. The van der Waals surface area contributed by atoms with E-state index in [1.165, 1.54) is 12.8 Å². The second-order valence-electron chi connectivity index (χ2n) is 5.88. The van der Waals surface area contributed by atoms with Gasteiger partial charge in [-0.1, -0.05) is 19.1 Å². The Morgan fingerprint density at radius 2 is 2.00 bits per heavy atom. The van der Waals surface area contributed by atoms with Crippen LogP contribution < -0.4 is 5.73 Å². The summed E-state index contributed by atoms with van der Waals surface area (Å²) in [6.45, 7) is 9.13. The normalized spacial score (nSPS) is 17.4. The van der Waals surface area contributed by atoms with E-state index in [0.717, 1.165) is 36.9 Å². The maximum atomic E-state index is 11.6. The molecule has 2 heterocycles. The molecule has 20 heavy (non-hydrogen) atoms. The summed E-state index contributed by atoms with van der Waals surface area (Å²) in [5.41, 5.74) is 7.88. The third-order valence-corrected chi connectivity index (χ3v) is 4.59. The highest BCUT2D eigenvalue weighted by atomic mass is 32.1. The largest absolute Gasteiger partial charge is 0.365 e. The number of hydrogen-bond acceptors (Lipinski definition) is 3. The maximum absolute atomic E-state index is 11.6. The Kier molecular flexibility index (Phi) is 4.60. The van der Waals surface area contributed by atoms with Crippen molar-refractivity contribution < 1.29 is 4.79 Å². The van der Waals surface area contributed by atoms with Crippen molar-refractivity contribution in [3.8, 4) is 0 Å². The number of nitrogens with two attached hydrogens (primary N) is 1. The molecule has 0 aromatic carbocycles. The van der Waals surface area contributed by atoms with Crippen molar-refractivity contribution in [3.05, 3.63) is 27.5 Å². The van der Waals surface area contributed by atoms with Crippen molar-refractivity contribution >= 4 is 18.1 Å². The van der Waals surface area contributed by atoms with Gasteiger partial charge in [-0.15, -0.1) is 0 Å². The molecule has 0 unspecified atom stereocenters. The van der Waals surface area contributed by atoms with Crippen LogP contribution in [0.5, 0.6) is 0 Å².